The van der Waals surface area contributed by atoms with Gasteiger partial charge < -0.3 is 10.1 Å². The van der Waals surface area contributed by atoms with E-state index in [-0.39, 0.29) is 10.7 Å². The zero-order valence-electron chi connectivity index (χ0n) is 13.5. The number of nitrogens with one attached hydrogen (secondary N) is 1. The second kappa shape index (κ2) is 7.45. The van der Waals surface area contributed by atoms with Gasteiger partial charge in [0.1, 0.15) is 5.82 Å². The van der Waals surface area contributed by atoms with Gasteiger partial charge in [-0.25, -0.2) is 9.18 Å². The maximum absolute atomic E-state index is 13.0. The van der Waals surface area contributed by atoms with E-state index in [9.17, 15) is 14.0 Å². The molecule has 4 nitrogen and oxygen atoms in total. The summed E-state index contributed by atoms with van der Waals surface area (Å²) in [5, 5.41) is 2.57. The molecule has 0 radical (unpaired) electrons. The number of aryl methyl sites for hydroxylation is 2. The summed E-state index contributed by atoms with van der Waals surface area (Å²) in [4.78, 5) is 24.3. The van der Waals surface area contributed by atoms with E-state index in [1.807, 2.05) is 19.9 Å². The van der Waals surface area contributed by atoms with Gasteiger partial charge in [-0.3, -0.25) is 4.79 Å². The first-order chi connectivity index (χ1) is 11.3. The molecule has 6 heteroatoms. The maximum atomic E-state index is 13.0. The third-order valence-corrected chi connectivity index (χ3v) is 3.61. The van der Waals surface area contributed by atoms with E-state index in [4.69, 9.17) is 16.3 Å². The third-order valence-electron chi connectivity index (χ3n) is 3.30. The summed E-state index contributed by atoms with van der Waals surface area (Å²) in [6.45, 7) is 5.19. The Morgan fingerprint density at radius 3 is 2.33 bits per heavy atom. The average molecular weight is 350 g/mol. The number of anilines is 1. The highest BCUT2D eigenvalue weighted by molar-refractivity contribution is 6.33. The first-order valence-corrected chi connectivity index (χ1v) is 7.69. The standard InChI is InChI=1S/C18H17ClFNO3/c1-10-6-11(2)8-13(7-10)18(23)24-12(3)17(22)21-16-5-4-14(20)9-15(16)19/h4-9,12H,1-3H3,(H,21,22)/t12-/m1/s1. The Morgan fingerprint density at radius 2 is 1.75 bits per heavy atom. The van der Waals surface area contributed by atoms with Gasteiger partial charge in [-0.05, 0) is 51.1 Å². The van der Waals surface area contributed by atoms with Crippen molar-refractivity contribution in [3.05, 3.63) is 63.9 Å². The van der Waals surface area contributed by atoms with Gasteiger partial charge in [0, 0.05) is 0 Å². The van der Waals surface area contributed by atoms with Crippen LogP contribution in [0.3, 0.4) is 0 Å². The summed E-state index contributed by atoms with van der Waals surface area (Å²) >= 11 is 5.85. The fraction of sp³-hybridized carbons (Fsp3) is 0.222. The lowest BCUT2D eigenvalue weighted by Crippen LogP contribution is -2.30. The highest BCUT2D eigenvalue weighted by Crippen LogP contribution is 2.22. The smallest absolute Gasteiger partial charge is 0.338 e. The lowest BCUT2D eigenvalue weighted by Gasteiger charge is -2.14. The van der Waals surface area contributed by atoms with Gasteiger partial charge in [-0.15, -0.1) is 0 Å². The van der Waals surface area contributed by atoms with Crippen LogP contribution in [0, 0.1) is 19.7 Å². The number of esters is 1. The van der Waals surface area contributed by atoms with Crippen LogP contribution in [0.4, 0.5) is 10.1 Å². The zero-order valence-corrected chi connectivity index (χ0v) is 14.3. The number of amides is 1. The van der Waals surface area contributed by atoms with E-state index < -0.39 is 23.8 Å². The summed E-state index contributed by atoms with van der Waals surface area (Å²) in [7, 11) is 0. The van der Waals surface area contributed by atoms with Gasteiger partial charge in [-0.2, -0.15) is 0 Å². The number of benzene rings is 2. The predicted octanol–water partition coefficient (Wildman–Crippen LogP) is 4.28. The van der Waals surface area contributed by atoms with Crippen molar-refractivity contribution in [3.63, 3.8) is 0 Å². The summed E-state index contributed by atoms with van der Waals surface area (Å²) in [5.74, 6) is -1.65. The van der Waals surface area contributed by atoms with Gasteiger partial charge >= 0.3 is 5.97 Å². The molecule has 0 bridgehead atoms. The first-order valence-electron chi connectivity index (χ1n) is 7.31. The minimum atomic E-state index is -1.03. The molecule has 0 aliphatic heterocycles. The molecule has 2 aromatic carbocycles. The molecule has 0 saturated carbocycles. The molecule has 0 fully saturated rings. The fourth-order valence-electron chi connectivity index (χ4n) is 2.20. The molecule has 1 amide bonds. The maximum Gasteiger partial charge on any atom is 0.338 e. The highest BCUT2D eigenvalue weighted by atomic mass is 35.5. The van der Waals surface area contributed by atoms with E-state index in [1.165, 1.54) is 19.1 Å². The van der Waals surface area contributed by atoms with Crippen LogP contribution in [0.1, 0.15) is 28.4 Å². The summed E-state index contributed by atoms with van der Waals surface area (Å²) in [6.07, 6.45) is -1.03. The molecule has 24 heavy (non-hydrogen) atoms. The minimum absolute atomic E-state index is 0.0659. The number of ether oxygens (including phenoxy) is 1. The molecule has 2 aromatic rings. The van der Waals surface area contributed by atoms with E-state index in [2.05, 4.69) is 5.32 Å². The van der Waals surface area contributed by atoms with E-state index in [1.54, 1.807) is 12.1 Å². The number of hydrogen-bond donors (Lipinski definition) is 1. The second-order valence-electron chi connectivity index (χ2n) is 5.54. The van der Waals surface area contributed by atoms with Crippen molar-refractivity contribution in [2.24, 2.45) is 0 Å². The Morgan fingerprint density at radius 1 is 1.12 bits per heavy atom. The summed E-state index contributed by atoms with van der Waals surface area (Å²) in [5.41, 5.74) is 2.48. The number of hydrogen-bond acceptors (Lipinski definition) is 3. The average Bonchev–Trinajstić information content (AvgIpc) is 2.48. The van der Waals surface area contributed by atoms with E-state index in [0.29, 0.717) is 5.56 Å². The highest BCUT2D eigenvalue weighted by Gasteiger charge is 2.20. The van der Waals surface area contributed by atoms with Crippen molar-refractivity contribution < 1.29 is 18.7 Å². The second-order valence-corrected chi connectivity index (χ2v) is 5.94. The number of halogens is 2. The van der Waals surface area contributed by atoms with Gasteiger partial charge in [0.05, 0.1) is 16.3 Å². The molecular formula is C18H17ClFNO3. The van der Waals surface area contributed by atoms with E-state index >= 15 is 0 Å². The molecule has 0 heterocycles. The first kappa shape index (κ1) is 17.9. The van der Waals surface area contributed by atoms with Gasteiger partial charge in [-0.1, -0.05) is 28.8 Å². The summed E-state index contributed by atoms with van der Waals surface area (Å²) in [6, 6.07) is 8.92. The van der Waals surface area contributed by atoms with Crippen molar-refractivity contribution in [1.82, 2.24) is 0 Å². The fourth-order valence-corrected chi connectivity index (χ4v) is 2.41. The van der Waals surface area contributed by atoms with Crippen LogP contribution < -0.4 is 5.32 Å². The molecule has 1 N–H and O–H groups in total. The quantitative estimate of drug-likeness (QED) is 0.838. The van der Waals surface area contributed by atoms with Crippen LogP contribution in [0.25, 0.3) is 0 Å². The third kappa shape index (κ3) is 4.55. The lowest BCUT2D eigenvalue weighted by atomic mass is 10.1. The molecule has 2 rings (SSSR count). The Hall–Kier alpha value is -2.40. The SMILES string of the molecule is Cc1cc(C)cc(C(=O)O[C@H](C)C(=O)Nc2ccc(F)cc2Cl)c1. The number of carbonyl (C=O) groups is 2. The van der Waals surface area contributed by atoms with Crippen LogP contribution in [0.5, 0.6) is 0 Å². The van der Waals surface area contributed by atoms with Crippen molar-refractivity contribution in [2.75, 3.05) is 5.32 Å². The van der Waals surface area contributed by atoms with Gasteiger partial charge in [0.2, 0.25) is 0 Å². The Balaban J connectivity index is 2.04. The Bertz CT molecular complexity index is 772. The van der Waals surface area contributed by atoms with Crippen molar-refractivity contribution >= 4 is 29.2 Å². The largest absolute Gasteiger partial charge is 0.449 e. The molecule has 1 atom stereocenters. The van der Waals surface area contributed by atoms with Crippen LogP contribution in [0.15, 0.2) is 36.4 Å². The molecule has 0 aliphatic rings. The van der Waals surface area contributed by atoms with Gasteiger partial charge in [0.25, 0.3) is 5.91 Å². The van der Waals surface area contributed by atoms with Crippen LogP contribution in [0.2, 0.25) is 5.02 Å². The number of rotatable bonds is 4. The lowest BCUT2D eigenvalue weighted by molar-refractivity contribution is -0.123. The minimum Gasteiger partial charge on any atom is -0.449 e. The molecule has 0 aromatic heterocycles. The normalized spacial score (nSPS) is 11.7. The Kier molecular flexibility index (Phi) is 5.57. The van der Waals surface area contributed by atoms with E-state index in [0.717, 1.165) is 17.2 Å². The van der Waals surface area contributed by atoms with Crippen LogP contribution in [-0.2, 0) is 9.53 Å². The van der Waals surface area contributed by atoms with Crippen molar-refractivity contribution in [2.45, 2.75) is 26.9 Å². The monoisotopic (exact) mass is 349 g/mol. The molecule has 0 saturated heterocycles. The van der Waals surface area contributed by atoms with Crippen LogP contribution >= 0.6 is 11.6 Å². The topological polar surface area (TPSA) is 55.4 Å². The zero-order chi connectivity index (χ0) is 17.9. The van der Waals surface area contributed by atoms with Crippen molar-refractivity contribution in [1.29, 1.82) is 0 Å². The molecule has 0 unspecified atom stereocenters. The molecule has 0 aliphatic carbocycles. The molecule has 126 valence electrons. The summed E-state index contributed by atoms with van der Waals surface area (Å²) < 4.78 is 18.2. The number of carbonyl (C=O) groups excluding carboxylic acids is 2. The predicted molar refractivity (Wildman–Crippen MR) is 90.8 cm³/mol. The Labute approximate surface area is 144 Å². The molecular weight excluding hydrogens is 333 g/mol. The molecule has 0 spiro atoms. The van der Waals surface area contributed by atoms with Crippen molar-refractivity contribution in [3.8, 4) is 0 Å². The van der Waals surface area contributed by atoms with Gasteiger partial charge in [0.15, 0.2) is 6.10 Å². The van der Waals surface area contributed by atoms with Crippen LogP contribution in [-0.4, -0.2) is 18.0 Å².